The van der Waals surface area contributed by atoms with Gasteiger partial charge in [0.1, 0.15) is 5.75 Å². The van der Waals surface area contributed by atoms with Gasteiger partial charge < -0.3 is 14.6 Å². The summed E-state index contributed by atoms with van der Waals surface area (Å²) >= 11 is 0. The lowest BCUT2D eigenvalue weighted by molar-refractivity contribution is -0.148. The Morgan fingerprint density at radius 1 is 1.31 bits per heavy atom. The highest BCUT2D eigenvalue weighted by Gasteiger charge is 2.26. The molecule has 0 aliphatic rings. The number of carbonyl (C=O) groups is 1. The zero-order valence-electron chi connectivity index (χ0n) is 9.64. The molecule has 16 heavy (non-hydrogen) atoms. The third-order valence-corrected chi connectivity index (χ3v) is 2.50. The first-order valence-corrected chi connectivity index (χ1v) is 5.00. The van der Waals surface area contributed by atoms with Crippen molar-refractivity contribution in [3.63, 3.8) is 0 Å². The summed E-state index contributed by atoms with van der Waals surface area (Å²) in [6.45, 7) is 1.61. The highest BCUT2D eigenvalue weighted by Crippen LogP contribution is 2.30. The van der Waals surface area contributed by atoms with E-state index in [2.05, 4.69) is 4.74 Å². The summed E-state index contributed by atoms with van der Waals surface area (Å²) in [7, 11) is 2.82. The molecule has 0 saturated heterocycles. The average Bonchev–Trinajstić information content (AvgIpc) is 2.35. The second-order valence-corrected chi connectivity index (χ2v) is 3.50. The molecule has 0 aliphatic heterocycles. The fourth-order valence-corrected chi connectivity index (χ4v) is 1.49. The number of aliphatic hydroxyl groups is 1. The predicted molar refractivity (Wildman–Crippen MR) is 59.1 cm³/mol. The van der Waals surface area contributed by atoms with E-state index in [0.717, 1.165) is 0 Å². The lowest BCUT2D eigenvalue weighted by atomic mass is 9.97. The fourth-order valence-electron chi connectivity index (χ4n) is 1.49. The Hall–Kier alpha value is -1.55. The van der Waals surface area contributed by atoms with Crippen LogP contribution in [0.1, 0.15) is 18.6 Å². The Bertz CT molecular complexity index is 362. The number of para-hydroxylation sites is 1. The van der Waals surface area contributed by atoms with Gasteiger partial charge in [-0.1, -0.05) is 18.2 Å². The molecule has 0 aliphatic carbocycles. The fraction of sp³-hybridized carbons (Fsp3) is 0.417. The minimum Gasteiger partial charge on any atom is -0.496 e. The number of hydrogen-bond donors (Lipinski definition) is 1. The van der Waals surface area contributed by atoms with Gasteiger partial charge in [0.2, 0.25) is 0 Å². The van der Waals surface area contributed by atoms with Crippen molar-refractivity contribution < 1.29 is 19.4 Å². The highest BCUT2D eigenvalue weighted by molar-refractivity contribution is 5.73. The lowest BCUT2D eigenvalue weighted by Crippen LogP contribution is -2.21. The summed E-state index contributed by atoms with van der Waals surface area (Å²) in [6.07, 6.45) is -0.927. The van der Waals surface area contributed by atoms with E-state index in [1.807, 2.05) is 0 Å². The highest BCUT2D eigenvalue weighted by atomic mass is 16.5. The summed E-state index contributed by atoms with van der Waals surface area (Å²) in [5.74, 6) is -0.509. The monoisotopic (exact) mass is 224 g/mol. The molecule has 88 valence electrons. The van der Waals surface area contributed by atoms with Crippen LogP contribution < -0.4 is 4.74 Å². The van der Waals surface area contributed by atoms with Crippen molar-refractivity contribution in [3.8, 4) is 5.75 Å². The average molecular weight is 224 g/mol. The van der Waals surface area contributed by atoms with Crippen LogP contribution in [0.4, 0.5) is 0 Å². The van der Waals surface area contributed by atoms with Gasteiger partial charge in [-0.3, -0.25) is 4.79 Å². The van der Waals surface area contributed by atoms with Gasteiger partial charge in [0.05, 0.1) is 26.2 Å². The first-order valence-electron chi connectivity index (χ1n) is 5.00. The molecule has 4 nitrogen and oxygen atoms in total. The maximum absolute atomic E-state index is 11.3. The zero-order valence-corrected chi connectivity index (χ0v) is 9.64. The normalized spacial score (nSPS) is 14.0. The van der Waals surface area contributed by atoms with E-state index in [4.69, 9.17) is 4.74 Å². The van der Waals surface area contributed by atoms with Gasteiger partial charge in [-0.15, -0.1) is 0 Å². The maximum Gasteiger partial charge on any atom is 0.311 e. The molecule has 0 saturated carbocycles. The minimum absolute atomic E-state index is 0.446. The van der Waals surface area contributed by atoms with Crippen molar-refractivity contribution >= 4 is 5.97 Å². The van der Waals surface area contributed by atoms with E-state index in [9.17, 15) is 9.90 Å². The number of rotatable bonds is 4. The lowest BCUT2D eigenvalue weighted by Gasteiger charge is -2.19. The summed E-state index contributed by atoms with van der Waals surface area (Å²) in [4.78, 5) is 11.3. The van der Waals surface area contributed by atoms with Crippen LogP contribution in [0.2, 0.25) is 0 Å². The molecule has 4 heteroatoms. The van der Waals surface area contributed by atoms with Crippen LogP contribution in [-0.4, -0.2) is 25.3 Å². The molecule has 0 unspecified atom stereocenters. The van der Waals surface area contributed by atoms with E-state index < -0.39 is 18.0 Å². The molecule has 0 bridgehead atoms. The predicted octanol–water partition coefficient (Wildman–Crippen LogP) is 1.54. The van der Waals surface area contributed by atoms with Crippen LogP contribution in [0.25, 0.3) is 0 Å². The van der Waals surface area contributed by atoms with Crippen LogP contribution in [0.3, 0.4) is 0 Å². The molecule has 2 atom stereocenters. The Labute approximate surface area is 94.8 Å². The number of ether oxygens (including phenoxy) is 2. The molecule has 1 aromatic rings. The van der Waals surface area contributed by atoms with Crippen LogP contribution in [0.5, 0.6) is 5.75 Å². The molecule has 0 amide bonds. The van der Waals surface area contributed by atoms with E-state index >= 15 is 0 Å². The Kier molecular flexibility index (Phi) is 4.31. The molecular weight excluding hydrogens is 208 g/mol. The first-order chi connectivity index (χ1) is 7.61. The van der Waals surface area contributed by atoms with Crippen LogP contribution in [0.15, 0.2) is 24.3 Å². The molecule has 0 spiro atoms. The van der Waals surface area contributed by atoms with Gasteiger partial charge in [0, 0.05) is 5.56 Å². The topological polar surface area (TPSA) is 55.8 Å². The first kappa shape index (κ1) is 12.5. The molecule has 0 fully saturated rings. The standard InChI is InChI=1S/C12H16O4/c1-8(12(14)16-3)11(13)9-6-4-5-7-10(9)15-2/h4-8,11,13H,1-3H3/t8-,11-/m0/s1. The van der Waals surface area contributed by atoms with Gasteiger partial charge in [0.25, 0.3) is 0 Å². The molecule has 1 aromatic carbocycles. The number of benzene rings is 1. The number of esters is 1. The van der Waals surface area contributed by atoms with Gasteiger partial charge in [-0.2, -0.15) is 0 Å². The molecule has 0 radical (unpaired) electrons. The molecule has 1 rings (SSSR count). The van der Waals surface area contributed by atoms with E-state index in [0.29, 0.717) is 11.3 Å². The van der Waals surface area contributed by atoms with Crippen LogP contribution in [-0.2, 0) is 9.53 Å². The Balaban J connectivity index is 2.95. The van der Waals surface area contributed by atoms with Gasteiger partial charge in [-0.05, 0) is 13.0 Å². The van der Waals surface area contributed by atoms with Crippen molar-refractivity contribution in [1.82, 2.24) is 0 Å². The summed E-state index contributed by atoms with van der Waals surface area (Å²) in [5.41, 5.74) is 0.586. The zero-order chi connectivity index (χ0) is 12.1. The molecule has 0 heterocycles. The largest absolute Gasteiger partial charge is 0.496 e. The van der Waals surface area contributed by atoms with Crippen molar-refractivity contribution in [2.75, 3.05) is 14.2 Å². The molecule has 1 N–H and O–H groups in total. The van der Waals surface area contributed by atoms with Gasteiger partial charge in [0.15, 0.2) is 0 Å². The van der Waals surface area contributed by atoms with Crippen molar-refractivity contribution in [2.24, 2.45) is 5.92 Å². The number of aliphatic hydroxyl groups excluding tert-OH is 1. The smallest absolute Gasteiger partial charge is 0.311 e. The van der Waals surface area contributed by atoms with E-state index in [1.165, 1.54) is 14.2 Å². The Morgan fingerprint density at radius 3 is 2.50 bits per heavy atom. The van der Waals surface area contributed by atoms with Crippen molar-refractivity contribution in [1.29, 1.82) is 0 Å². The summed E-state index contributed by atoms with van der Waals surface area (Å²) < 4.78 is 9.71. The second kappa shape index (κ2) is 5.51. The minimum atomic E-state index is -0.927. The molecular formula is C12H16O4. The summed E-state index contributed by atoms with van der Waals surface area (Å²) in [5, 5.41) is 10.0. The van der Waals surface area contributed by atoms with Crippen molar-refractivity contribution in [3.05, 3.63) is 29.8 Å². The van der Waals surface area contributed by atoms with E-state index in [1.54, 1.807) is 31.2 Å². The van der Waals surface area contributed by atoms with Crippen LogP contribution >= 0.6 is 0 Å². The number of hydrogen-bond acceptors (Lipinski definition) is 4. The van der Waals surface area contributed by atoms with Crippen molar-refractivity contribution in [2.45, 2.75) is 13.0 Å². The SMILES string of the molecule is COC(=O)[C@@H](C)[C@H](O)c1ccccc1OC. The quantitative estimate of drug-likeness (QED) is 0.788. The third kappa shape index (κ3) is 2.52. The third-order valence-electron chi connectivity index (χ3n) is 2.50. The number of methoxy groups -OCH3 is 2. The van der Waals surface area contributed by atoms with E-state index in [-0.39, 0.29) is 0 Å². The maximum atomic E-state index is 11.3. The van der Waals surface area contributed by atoms with Crippen LogP contribution in [0, 0.1) is 5.92 Å². The molecule has 0 aromatic heterocycles. The van der Waals surface area contributed by atoms with Gasteiger partial charge in [-0.25, -0.2) is 0 Å². The van der Waals surface area contributed by atoms with Gasteiger partial charge >= 0.3 is 5.97 Å². The Morgan fingerprint density at radius 2 is 1.94 bits per heavy atom. The summed E-state index contributed by atoms with van der Waals surface area (Å²) in [6, 6.07) is 7.05. The number of carbonyl (C=O) groups excluding carboxylic acids is 1. The second-order valence-electron chi connectivity index (χ2n) is 3.50.